The van der Waals surface area contributed by atoms with Crippen LogP contribution in [0.15, 0.2) is 65.7 Å². The maximum atomic E-state index is 5.85. The Hall–Kier alpha value is -1.60. The van der Waals surface area contributed by atoms with Crippen LogP contribution in [0.5, 0.6) is 0 Å². The molecule has 0 aliphatic rings. The van der Waals surface area contributed by atoms with Gasteiger partial charge >= 0.3 is 0 Å². The second-order valence-electron chi connectivity index (χ2n) is 5.63. The number of guanidine groups is 1. The van der Waals surface area contributed by atoms with Gasteiger partial charge in [-0.2, -0.15) is 0 Å². The Balaban J connectivity index is 0.00000312. The van der Waals surface area contributed by atoms with Crippen molar-refractivity contribution in [1.82, 2.24) is 5.32 Å². The Morgan fingerprint density at radius 1 is 0.880 bits per heavy atom. The molecule has 0 aromatic heterocycles. The van der Waals surface area contributed by atoms with Gasteiger partial charge in [0, 0.05) is 19.7 Å². The Bertz CT molecular complexity index is 590. The third-order valence-electron chi connectivity index (χ3n) is 3.67. The molecule has 25 heavy (non-hydrogen) atoms. The summed E-state index contributed by atoms with van der Waals surface area (Å²) in [6.45, 7) is 2.95. The summed E-state index contributed by atoms with van der Waals surface area (Å²) in [4.78, 5) is 4.31. The number of nitrogens with zero attached hydrogens (tertiary/aromatic N) is 1. The Kier molecular flexibility index (Phi) is 11.7. The van der Waals surface area contributed by atoms with Crippen LogP contribution in [0, 0.1) is 0 Å². The third kappa shape index (κ3) is 10.1. The summed E-state index contributed by atoms with van der Waals surface area (Å²) in [5.74, 6) is 0.509. The summed E-state index contributed by atoms with van der Waals surface area (Å²) in [5.41, 5.74) is 8.46. The summed E-state index contributed by atoms with van der Waals surface area (Å²) in [5, 5.41) is 3.14. The van der Waals surface area contributed by atoms with Crippen LogP contribution in [0.1, 0.15) is 17.5 Å². The van der Waals surface area contributed by atoms with Crippen LogP contribution in [-0.4, -0.2) is 32.3 Å². The number of benzene rings is 2. The van der Waals surface area contributed by atoms with E-state index in [0.29, 0.717) is 19.1 Å². The lowest BCUT2D eigenvalue weighted by molar-refractivity contribution is 0.136. The van der Waals surface area contributed by atoms with Crippen LogP contribution in [0.3, 0.4) is 0 Å². The second kappa shape index (κ2) is 13.7. The van der Waals surface area contributed by atoms with Gasteiger partial charge in [-0.1, -0.05) is 60.7 Å². The first kappa shape index (κ1) is 21.4. The van der Waals surface area contributed by atoms with Crippen molar-refractivity contribution < 1.29 is 4.74 Å². The van der Waals surface area contributed by atoms with Crippen molar-refractivity contribution in [1.29, 1.82) is 0 Å². The fourth-order valence-corrected chi connectivity index (χ4v) is 2.34. The normalized spacial score (nSPS) is 11.0. The first-order chi connectivity index (χ1) is 11.8. The van der Waals surface area contributed by atoms with E-state index in [0.717, 1.165) is 32.4 Å². The monoisotopic (exact) mass is 453 g/mol. The number of aliphatic imine (C=N–C) groups is 1. The van der Waals surface area contributed by atoms with Gasteiger partial charge in [-0.3, -0.25) is 4.99 Å². The highest BCUT2D eigenvalue weighted by Gasteiger charge is 1.95. The molecule has 0 heterocycles. The van der Waals surface area contributed by atoms with Crippen LogP contribution in [0.4, 0.5) is 0 Å². The Labute approximate surface area is 167 Å². The molecule has 0 saturated heterocycles. The molecule has 3 N–H and O–H groups in total. The molecular weight excluding hydrogens is 425 g/mol. The molecule has 0 aliphatic carbocycles. The molecule has 136 valence electrons. The minimum atomic E-state index is 0. The van der Waals surface area contributed by atoms with Crippen molar-refractivity contribution in [2.24, 2.45) is 10.7 Å². The number of halogens is 1. The van der Waals surface area contributed by atoms with Gasteiger partial charge in [0.1, 0.15) is 0 Å². The van der Waals surface area contributed by atoms with Crippen LogP contribution < -0.4 is 11.1 Å². The molecule has 2 aromatic carbocycles. The quantitative estimate of drug-likeness (QED) is 0.251. The smallest absolute Gasteiger partial charge is 0.188 e. The largest absolute Gasteiger partial charge is 0.381 e. The van der Waals surface area contributed by atoms with E-state index in [2.05, 4.69) is 46.7 Å². The molecule has 5 heteroatoms. The van der Waals surface area contributed by atoms with E-state index in [1.54, 1.807) is 0 Å². The first-order valence-electron chi connectivity index (χ1n) is 8.54. The van der Waals surface area contributed by atoms with Gasteiger partial charge in [0.2, 0.25) is 0 Å². The zero-order valence-electron chi connectivity index (χ0n) is 14.6. The average Bonchev–Trinajstić information content (AvgIpc) is 2.63. The Morgan fingerprint density at radius 2 is 1.48 bits per heavy atom. The molecule has 0 fully saturated rings. The maximum absolute atomic E-state index is 5.85. The van der Waals surface area contributed by atoms with Crippen molar-refractivity contribution >= 4 is 29.9 Å². The molecule has 0 unspecified atom stereocenters. The van der Waals surface area contributed by atoms with E-state index < -0.39 is 0 Å². The van der Waals surface area contributed by atoms with Crippen molar-refractivity contribution in [3.8, 4) is 0 Å². The van der Waals surface area contributed by atoms with Crippen LogP contribution in [0.2, 0.25) is 0 Å². The average molecular weight is 453 g/mol. The highest BCUT2D eigenvalue weighted by atomic mass is 127. The lowest BCUT2D eigenvalue weighted by Gasteiger charge is -2.06. The number of rotatable bonds is 10. The number of ether oxygens (including phenoxy) is 1. The maximum Gasteiger partial charge on any atom is 0.188 e. The molecule has 0 atom stereocenters. The number of hydrogen-bond donors (Lipinski definition) is 2. The zero-order chi connectivity index (χ0) is 16.9. The van der Waals surface area contributed by atoms with Crippen LogP contribution in [0.25, 0.3) is 0 Å². The van der Waals surface area contributed by atoms with E-state index in [1.807, 2.05) is 24.3 Å². The van der Waals surface area contributed by atoms with Crippen molar-refractivity contribution in [3.63, 3.8) is 0 Å². The van der Waals surface area contributed by atoms with Gasteiger partial charge < -0.3 is 15.8 Å². The highest BCUT2D eigenvalue weighted by Crippen LogP contribution is 2.00. The summed E-state index contributed by atoms with van der Waals surface area (Å²) < 4.78 is 5.63. The highest BCUT2D eigenvalue weighted by molar-refractivity contribution is 14.0. The van der Waals surface area contributed by atoms with Crippen molar-refractivity contribution in [3.05, 3.63) is 71.8 Å². The molecule has 0 aliphatic heterocycles. The molecule has 0 spiro atoms. The molecular formula is C20H28IN3O. The first-order valence-corrected chi connectivity index (χ1v) is 8.54. The SMILES string of the molecule is I.NC(=NCCCOCCc1ccccc1)NCCc1ccccc1. The predicted molar refractivity (Wildman–Crippen MR) is 116 cm³/mol. The number of nitrogens with one attached hydrogen (secondary N) is 1. The molecule has 2 aromatic rings. The van der Waals surface area contributed by atoms with Crippen molar-refractivity contribution in [2.75, 3.05) is 26.3 Å². The molecule has 0 bridgehead atoms. The Morgan fingerprint density at radius 3 is 2.12 bits per heavy atom. The zero-order valence-corrected chi connectivity index (χ0v) is 16.9. The van der Waals surface area contributed by atoms with Crippen LogP contribution in [-0.2, 0) is 17.6 Å². The number of nitrogens with two attached hydrogens (primary N) is 1. The topological polar surface area (TPSA) is 59.6 Å². The number of hydrogen-bond acceptors (Lipinski definition) is 2. The van der Waals surface area contributed by atoms with Gasteiger partial charge in [-0.05, 0) is 30.4 Å². The standard InChI is InChI=1S/C20H27N3O.HI/c21-20(23-15-12-18-8-3-1-4-9-18)22-14-7-16-24-17-13-19-10-5-2-6-11-19;/h1-6,8-11H,7,12-17H2,(H3,21,22,23);1H. The van der Waals surface area contributed by atoms with Crippen LogP contribution >= 0.6 is 24.0 Å². The fraction of sp³-hybridized carbons (Fsp3) is 0.350. The van der Waals surface area contributed by atoms with Crippen molar-refractivity contribution in [2.45, 2.75) is 19.3 Å². The minimum absolute atomic E-state index is 0. The second-order valence-corrected chi connectivity index (χ2v) is 5.63. The lowest BCUT2D eigenvalue weighted by atomic mass is 10.1. The van der Waals surface area contributed by atoms with E-state index >= 15 is 0 Å². The van der Waals surface area contributed by atoms with Gasteiger partial charge in [0.05, 0.1) is 6.61 Å². The summed E-state index contributed by atoms with van der Waals surface area (Å²) in [6, 6.07) is 20.7. The molecule has 2 rings (SSSR count). The minimum Gasteiger partial charge on any atom is -0.381 e. The van der Waals surface area contributed by atoms with Gasteiger partial charge in [-0.15, -0.1) is 24.0 Å². The van der Waals surface area contributed by atoms with Gasteiger partial charge in [0.15, 0.2) is 5.96 Å². The molecule has 0 saturated carbocycles. The lowest BCUT2D eigenvalue weighted by Crippen LogP contribution is -2.33. The van der Waals surface area contributed by atoms with Gasteiger partial charge in [0.25, 0.3) is 0 Å². The third-order valence-corrected chi connectivity index (χ3v) is 3.67. The summed E-state index contributed by atoms with van der Waals surface area (Å²) in [7, 11) is 0. The summed E-state index contributed by atoms with van der Waals surface area (Å²) >= 11 is 0. The van der Waals surface area contributed by atoms with E-state index in [1.165, 1.54) is 11.1 Å². The molecule has 4 nitrogen and oxygen atoms in total. The fourth-order valence-electron chi connectivity index (χ4n) is 2.34. The summed E-state index contributed by atoms with van der Waals surface area (Å²) in [6.07, 6.45) is 2.78. The van der Waals surface area contributed by atoms with E-state index in [4.69, 9.17) is 10.5 Å². The predicted octanol–water partition coefficient (Wildman–Crippen LogP) is 3.40. The molecule has 0 amide bonds. The molecule has 0 radical (unpaired) electrons. The van der Waals surface area contributed by atoms with E-state index in [-0.39, 0.29) is 24.0 Å². The van der Waals surface area contributed by atoms with E-state index in [9.17, 15) is 0 Å². The van der Waals surface area contributed by atoms with Gasteiger partial charge in [-0.25, -0.2) is 0 Å².